The number of rotatable bonds is 6. The zero-order chi connectivity index (χ0) is 11.3. The molecule has 0 aliphatic carbocycles. The molecule has 1 atom stereocenters. The van der Waals surface area contributed by atoms with Crippen LogP contribution in [0.5, 0.6) is 0 Å². The summed E-state index contributed by atoms with van der Waals surface area (Å²) < 4.78 is 5.64. The van der Waals surface area contributed by atoms with Crippen molar-refractivity contribution in [1.29, 1.82) is 0 Å². The van der Waals surface area contributed by atoms with Gasteiger partial charge in [-0.05, 0) is 12.3 Å². The third-order valence-electron chi connectivity index (χ3n) is 3.85. The van der Waals surface area contributed by atoms with Crippen molar-refractivity contribution in [2.45, 2.75) is 53.0 Å². The molecule has 1 aliphatic rings. The van der Waals surface area contributed by atoms with Gasteiger partial charge in [0, 0.05) is 24.6 Å². The highest BCUT2D eigenvalue weighted by atomic mass is 16.5. The van der Waals surface area contributed by atoms with Crippen LogP contribution in [0.25, 0.3) is 0 Å². The Kier molecular flexibility index (Phi) is 5.07. The SMILES string of the molecule is CCC(CC)C1(CNC(C)C)CCOC1. The van der Waals surface area contributed by atoms with E-state index < -0.39 is 0 Å². The second-order valence-corrected chi connectivity index (χ2v) is 5.21. The van der Waals surface area contributed by atoms with Crippen molar-refractivity contribution in [3.8, 4) is 0 Å². The van der Waals surface area contributed by atoms with E-state index in [9.17, 15) is 0 Å². The van der Waals surface area contributed by atoms with Crippen LogP contribution in [-0.4, -0.2) is 25.8 Å². The average molecular weight is 213 g/mol. The topological polar surface area (TPSA) is 21.3 Å². The molecule has 0 saturated carbocycles. The van der Waals surface area contributed by atoms with Crippen molar-refractivity contribution in [3.63, 3.8) is 0 Å². The number of ether oxygens (including phenoxy) is 1. The molecule has 1 N–H and O–H groups in total. The van der Waals surface area contributed by atoms with Gasteiger partial charge in [0.05, 0.1) is 6.61 Å². The molecular weight excluding hydrogens is 186 g/mol. The summed E-state index contributed by atoms with van der Waals surface area (Å²) in [6.07, 6.45) is 3.79. The van der Waals surface area contributed by atoms with E-state index >= 15 is 0 Å². The van der Waals surface area contributed by atoms with Crippen molar-refractivity contribution in [2.24, 2.45) is 11.3 Å². The molecule has 0 aromatic heterocycles. The molecule has 2 nitrogen and oxygen atoms in total. The second kappa shape index (κ2) is 5.86. The van der Waals surface area contributed by atoms with E-state index in [1.54, 1.807) is 0 Å². The van der Waals surface area contributed by atoms with Crippen LogP contribution in [0.3, 0.4) is 0 Å². The van der Waals surface area contributed by atoms with Gasteiger partial charge >= 0.3 is 0 Å². The summed E-state index contributed by atoms with van der Waals surface area (Å²) in [6.45, 7) is 12.1. The Morgan fingerprint density at radius 2 is 1.93 bits per heavy atom. The van der Waals surface area contributed by atoms with E-state index in [2.05, 4.69) is 33.0 Å². The minimum Gasteiger partial charge on any atom is -0.381 e. The standard InChI is InChI=1S/C13H27NO/c1-5-12(6-2)13(7-8-15-10-13)9-14-11(3)4/h11-12,14H,5-10H2,1-4H3. The van der Waals surface area contributed by atoms with Crippen molar-refractivity contribution in [3.05, 3.63) is 0 Å². The maximum atomic E-state index is 5.64. The fourth-order valence-corrected chi connectivity index (χ4v) is 2.79. The fourth-order valence-electron chi connectivity index (χ4n) is 2.79. The summed E-state index contributed by atoms with van der Waals surface area (Å²) in [5.74, 6) is 0.811. The molecule has 0 radical (unpaired) electrons. The predicted octanol–water partition coefficient (Wildman–Crippen LogP) is 2.83. The zero-order valence-electron chi connectivity index (χ0n) is 10.8. The Morgan fingerprint density at radius 3 is 2.33 bits per heavy atom. The van der Waals surface area contributed by atoms with E-state index in [4.69, 9.17) is 4.74 Å². The molecule has 0 aromatic carbocycles. The van der Waals surface area contributed by atoms with E-state index in [1.807, 2.05) is 0 Å². The molecule has 1 saturated heterocycles. The smallest absolute Gasteiger partial charge is 0.0538 e. The molecule has 1 heterocycles. The molecule has 0 spiro atoms. The van der Waals surface area contributed by atoms with Crippen LogP contribution in [0, 0.1) is 11.3 Å². The van der Waals surface area contributed by atoms with Gasteiger partial charge in [-0.15, -0.1) is 0 Å². The van der Waals surface area contributed by atoms with E-state index in [0.29, 0.717) is 11.5 Å². The van der Waals surface area contributed by atoms with Crippen molar-refractivity contribution in [2.75, 3.05) is 19.8 Å². The lowest BCUT2D eigenvalue weighted by atomic mass is 9.72. The van der Waals surface area contributed by atoms with Gasteiger partial charge in [0.1, 0.15) is 0 Å². The Hall–Kier alpha value is -0.0800. The highest BCUT2D eigenvalue weighted by molar-refractivity contribution is 4.90. The van der Waals surface area contributed by atoms with Gasteiger partial charge < -0.3 is 10.1 Å². The Labute approximate surface area is 94.8 Å². The van der Waals surface area contributed by atoms with Crippen molar-refractivity contribution >= 4 is 0 Å². The summed E-state index contributed by atoms with van der Waals surface area (Å²) in [4.78, 5) is 0. The van der Waals surface area contributed by atoms with Crippen LogP contribution >= 0.6 is 0 Å². The van der Waals surface area contributed by atoms with Crippen molar-refractivity contribution < 1.29 is 4.74 Å². The third-order valence-corrected chi connectivity index (χ3v) is 3.85. The molecule has 0 aromatic rings. The summed E-state index contributed by atoms with van der Waals surface area (Å²) in [5.41, 5.74) is 0.410. The van der Waals surface area contributed by atoms with Crippen LogP contribution in [0.4, 0.5) is 0 Å². The van der Waals surface area contributed by atoms with Gasteiger partial charge in [0.25, 0.3) is 0 Å². The molecular formula is C13H27NO. The summed E-state index contributed by atoms with van der Waals surface area (Å²) in [7, 11) is 0. The monoisotopic (exact) mass is 213 g/mol. The number of nitrogens with one attached hydrogen (secondary N) is 1. The van der Waals surface area contributed by atoms with Crippen LogP contribution in [0.1, 0.15) is 47.0 Å². The highest BCUT2D eigenvalue weighted by Gasteiger charge is 2.40. The largest absolute Gasteiger partial charge is 0.381 e. The van der Waals surface area contributed by atoms with Gasteiger partial charge in [-0.25, -0.2) is 0 Å². The first-order chi connectivity index (χ1) is 7.14. The summed E-state index contributed by atoms with van der Waals surface area (Å²) in [6, 6.07) is 0.580. The number of hydrogen-bond donors (Lipinski definition) is 1. The lowest BCUT2D eigenvalue weighted by Crippen LogP contribution is -2.43. The fraction of sp³-hybridized carbons (Fsp3) is 1.00. The van der Waals surface area contributed by atoms with Gasteiger partial charge in [0.2, 0.25) is 0 Å². The molecule has 1 aliphatic heterocycles. The molecule has 90 valence electrons. The molecule has 2 heteroatoms. The summed E-state index contributed by atoms with van der Waals surface area (Å²) in [5, 5.41) is 3.60. The molecule has 1 fully saturated rings. The molecule has 15 heavy (non-hydrogen) atoms. The maximum Gasteiger partial charge on any atom is 0.0538 e. The Morgan fingerprint density at radius 1 is 1.27 bits per heavy atom. The first-order valence-corrected chi connectivity index (χ1v) is 6.45. The quantitative estimate of drug-likeness (QED) is 0.732. The zero-order valence-corrected chi connectivity index (χ0v) is 10.8. The van der Waals surface area contributed by atoms with Crippen LogP contribution in [-0.2, 0) is 4.74 Å². The molecule has 0 amide bonds. The van der Waals surface area contributed by atoms with Gasteiger partial charge in [-0.1, -0.05) is 40.5 Å². The van der Waals surface area contributed by atoms with Gasteiger partial charge in [0.15, 0.2) is 0 Å². The maximum absolute atomic E-state index is 5.64. The Balaban J connectivity index is 2.60. The van der Waals surface area contributed by atoms with Crippen LogP contribution in [0.2, 0.25) is 0 Å². The second-order valence-electron chi connectivity index (χ2n) is 5.21. The van der Waals surface area contributed by atoms with E-state index in [-0.39, 0.29) is 0 Å². The van der Waals surface area contributed by atoms with E-state index in [0.717, 1.165) is 25.7 Å². The minimum atomic E-state index is 0.410. The van der Waals surface area contributed by atoms with Crippen LogP contribution in [0.15, 0.2) is 0 Å². The van der Waals surface area contributed by atoms with Crippen molar-refractivity contribution in [1.82, 2.24) is 5.32 Å². The van der Waals surface area contributed by atoms with E-state index in [1.165, 1.54) is 19.3 Å². The first kappa shape index (κ1) is 13.0. The highest BCUT2D eigenvalue weighted by Crippen LogP contribution is 2.39. The third kappa shape index (κ3) is 3.18. The normalized spacial score (nSPS) is 26.8. The first-order valence-electron chi connectivity index (χ1n) is 6.45. The predicted molar refractivity (Wildman–Crippen MR) is 65.1 cm³/mol. The van der Waals surface area contributed by atoms with Crippen LogP contribution < -0.4 is 5.32 Å². The average Bonchev–Trinajstić information content (AvgIpc) is 2.67. The lowest BCUT2D eigenvalue weighted by molar-refractivity contribution is 0.0968. The molecule has 1 unspecified atom stereocenters. The van der Waals surface area contributed by atoms with Gasteiger partial charge in [-0.3, -0.25) is 0 Å². The lowest BCUT2D eigenvalue weighted by Gasteiger charge is -2.36. The minimum absolute atomic E-state index is 0.410. The molecule has 0 bridgehead atoms. The summed E-state index contributed by atoms with van der Waals surface area (Å²) >= 11 is 0. The Bertz CT molecular complexity index is 169. The molecule has 1 rings (SSSR count). The van der Waals surface area contributed by atoms with Gasteiger partial charge in [-0.2, -0.15) is 0 Å². The number of hydrogen-bond acceptors (Lipinski definition) is 2.